The van der Waals surface area contributed by atoms with E-state index in [0.29, 0.717) is 11.4 Å². The number of furan rings is 1. The zero-order chi connectivity index (χ0) is 19.7. The Hall–Kier alpha value is -3.58. The second-order valence-electron chi connectivity index (χ2n) is 6.99. The van der Waals surface area contributed by atoms with E-state index in [1.807, 2.05) is 26.0 Å². The molecule has 2 aromatic carbocycles. The number of aryl methyl sites for hydroxylation is 2. The summed E-state index contributed by atoms with van der Waals surface area (Å²) in [4.78, 5) is 4.49. The molecule has 4 rings (SSSR count). The number of hydrogen-bond donors (Lipinski definition) is 0. The predicted molar refractivity (Wildman–Crippen MR) is 112 cm³/mol. The van der Waals surface area contributed by atoms with E-state index in [0.717, 1.165) is 34.3 Å². The third-order valence-corrected chi connectivity index (χ3v) is 5.22. The summed E-state index contributed by atoms with van der Waals surface area (Å²) >= 11 is 0. The molecule has 4 heteroatoms. The molecule has 0 amide bonds. The van der Waals surface area contributed by atoms with E-state index in [-0.39, 0.29) is 0 Å². The number of benzene rings is 2. The van der Waals surface area contributed by atoms with E-state index in [4.69, 9.17) is 4.42 Å². The van der Waals surface area contributed by atoms with Crippen molar-refractivity contribution in [1.29, 1.82) is 5.26 Å². The number of rotatable bonds is 4. The Morgan fingerprint density at radius 1 is 1.07 bits per heavy atom. The molecule has 0 fully saturated rings. The van der Waals surface area contributed by atoms with Gasteiger partial charge in [-0.25, -0.2) is 4.99 Å². The Morgan fingerprint density at radius 3 is 2.61 bits per heavy atom. The summed E-state index contributed by atoms with van der Waals surface area (Å²) in [6, 6.07) is 18.9. The van der Waals surface area contributed by atoms with Crippen molar-refractivity contribution >= 4 is 23.0 Å². The molecule has 4 aromatic rings. The molecule has 0 N–H and O–H groups in total. The molecule has 0 saturated heterocycles. The van der Waals surface area contributed by atoms with Crippen LogP contribution in [0.3, 0.4) is 0 Å². The van der Waals surface area contributed by atoms with E-state index >= 15 is 0 Å². The van der Waals surface area contributed by atoms with Crippen molar-refractivity contribution in [3.05, 3.63) is 88.3 Å². The van der Waals surface area contributed by atoms with Gasteiger partial charge in [-0.3, -0.25) is 0 Å². The van der Waals surface area contributed by atoms with Gasteiger partial charge >= 0.3 is 0 Å². The van der Waals surface area contributed by atoms with E-state index in [9.17, 15) is 5.26 Å². The Morgan fingerprint density at radius 2 is 1.82 bits per heavy atom. The third-order valence-electron chi connectivity index (χ3n) is 5.22. The molecule has 0 unspecified atom stereocenters. The highest BCUT2D eigenvalue weighted by Crippen LogP contribution is 2.29. The Labute approximate surface area is 164 Å². The Bertz CT molecular complexity index is 1230. The van der Waals surface area contributed by atoms with Gasteiger partial charge in [-0.2, -0.15) is 5.26 Å². The lowest BCUT2D eigenvalue weighted by molar-refractivity contribution is 0.542. The maximum atomic E-state index is 9.39. The SMILES string of the molecule is Cc1ccccc1Cn1cc(/C=N/c2oc(C)c(C)c2C#N)c2ccccc21. The standard InChI is InChI=1S/C24H21N3O/c1-16-8-4-5-9-19(16)14-27-15-20(21-10-6-7-11-23(21)27)13-26-24-22(12-25)17(2)18(3)28-24/h4-11,13,15H,14H2,1-3H3/b26-13+. The van der Waals surface area contributed by atoms with Crippen LogP contribution in [-0.4, -0.2) is 10.8 Å². The molecule has 138 valence electrons. The van der Waals surface area contributed by atoms with Crippen molar-refractivity contribution in [3.63, 3.8) is 0 Å². The number of fused-ring (bicyclic) bond motifs is 1. The van der Waals surface area contributed by atoms with Gasteiger partial charge in [-0.15, -0.1) is 0 Å². The molecule has 0 bridgehead atoms. The molecule has 0 atom stereocenters. The van der Waals surface area contributed by atoms with Gasteiger partial charge in [0.1, 0.15) is 17.4 Å². The monoisotopic (exact) mass is 367 g/mol. The van der Waals surface area contributed by atoms with E-state index in [1.54, 1.807) is 6.21 Å². The number of aliphatic imine (C=N–C) groups is 1. The smallest absolute Gasteiger partial charge is 0.237 e. The Balaban J connectivity index is 1.76. The van der Waals surface area contributed by atoms with Crippen LogP contribution in [0.1, 0.15) is 33.6 Å². The van der Waals surface area contributed by atoms with Crippen molar-refractivity contribution in [2.45, 2.75) is 27.3 Å². The minimum Gasteiger partial charge on any atom is -0.442 e. The van der Waals surface area contributed by atoms with E-state index in [1.165, 1.54) is 11.1 Å². The molecular formula is C24H21N3O. The van der Waals surface area contributed by atoms with Gasteiger partial charge in [0.2, 0.25) is 5.88 Å². The van der Waals surface area contributed by atoms with Crippen LogP contribution in [0.5, 0.6) is 0 Å². The summed E-state index contributed by atoms with van der Waals surface area (Å²) < 4.78 is 7.90. The maximum absolute atomic E-state index is 9.39. The molecule has 0 saturated carbocycles. The van der Waals surface area contributed by atoms with Gasteiger partial charge in [0.15, 0.2) is 0 Å². The maximum Gasteiger partial charge on any atom is 0.237 e. The predicted octanol–water partition coefficient (Wildman–Crippen LogP) is 5.83. The summed E-state index contributed by atoms with van der Waals surface area (Å²) in [7, 11) is 0. The van der Waals surface area contributed by atoms with E-state index < -0.39 is 0 Å². The summed E-state index contributed by atoms with van der Waals surface area (Å²) in [5, 5.41) is 10.5. The molecule has 0 spiro atoms. The number of hydrogen-bond acceptors (Lipinski definition) is 3. The largest absolute Gasteiger partial charge is 0.442 e. The molecular weight excluding hydrogens is 346 g/mol. The van der Waals surface area contributed by atoms with Crippen LogP contribution < -0.4 is 0 Å². The number of aromatic nitrogens is 1. The van der Waals surface area contributed by atoms with Crippen molar-refractivity contribution < 1.29 is 4.42 Å². The summed E-state index contributed by atoms with van der Waals surface area (Å²) in [5.41, 5.74) is 6.06. The van der Waals surface area contributed by atoms with Gasteiger partial charge in [-0.1, -0.05) is 42.5 Å². The lowest BCUT2D eigenvalue weighted by Crippen LogP contribution is -1.99. The first kappa shape index (κ1) is 17.8. The molecule has 0 aliphatic carbocycles. The zero-order valence-corrected chi connectivity index (χ0v) is 16.2. The Kier molecular flexibility index (Phi) is 4.58. The average molecular weight is 367 g/mol. The van der Waals surface area contributed by atoms with Crippen LogP contribution in [-0.2, 0) is 6.54 Å². The minimum absolute atomic E-state index is 0.369. The normalized spacial score (nSPS) is 11.4. The van der Waals surface area contributed by atoms with Crippen LogP contribution in [0.15, 0.2) is 64.1 Å². The summed E-state index contributed by atoms with van der Waals surface area (Å²) in [6.07, 6.45) is 3.89. The van der Waals surface area contributed by atoms with Crippen LogP contribution >= 0.6 is 0 Å². The zero-order valence-electron chi connectivity index (χ0n) is 16.2. The topological polar surface area (TPSA) is 54.2 Å². The second-order valence-corrected chi connectivity index (χ2v) is 6.99. The van der Waals surface area contributed by atoms with Gasteiger partial charge in [-0.05, 0) is 38.0 Å². The van der Waals surface area contributed by atoms with Crippen LogP contribution in [0.2, 0.25) is 0 Å². The molecule has 2 aromatic heterocycles. The van der Waals surface area contributed by atoms with Gasteiger partial charge in [0, 0.05) is 41.0 Å². The average Bonchev–Trinajstić information content (AvgIpc) is 3.19. The molecule has 2 heterocycles. The molecule has 4 nitrogen and oxygen atoms in total. The van der Waals surface area contributed by atoms with Crippen molar-refractivity contribution in [3.8, 4) is 6.07 Å². The highest BCUT2D eigenvalue weighted by Gasteiger charge is 2.14. The number of nitrogens with zero attached hydrogens (tertiary/aromatic N) is 3. The fourth-order valence-electron chi connectivity index (χ4n) is 3.44. The third kappa shape index (κ3) is 3.12. The first-order valence-corrected chi connectivity index (χ1v) is 9.25. The fourth-order valence-corrected chi connectivity index (χ4v) is 3.44. The van der Waals surface area contributed by atoms with Crippen molar-refractivity contribution in [2.75, 3.05) is 0 Å². The molecule has 0 radical (unpaired) electrons. The molecule has 0 aliphatic rings. The fraction of sp³-hybridized carbons (Fsp3) is 0.167. The van der Waals surface area contributed by atoms with Gasteiger partial charge < -0.3 is 8.98 Å². The van der Waals surface area contributed by atoms with Gasteiger partial charge in [0.25, 0.3) is 0 Å². The lowest BCUT2D eigenvalue weighted by Gasteiger charge is -2.08. The first-order chi connectivity index (χ1) is 13.6. The van der Waals surface area contributed by atoms with Crippen molar-refractivity contribution in [2.24, 2.45) is 4.99 Å². The van der Waals surface area contributed by atoms with Crippen molar-refractivity contribution in [1.82, 2.24) is 4.57 Å². The highest BCUT2D eigenvalue weighted by atomic mass is 16.4. The van der Waals surface area contributed by atoms with Crippen LogP contribution in [0.4, 0.5) is 5.88 Å². The first-order valence-electron chi connectivity index (χ1n) is 9.25. The lowest BCUT2D eigenvalue weighted by atomic mass is 10.1. The number of nitriles is 1. The molecule has 28 heavy (non-hydrogen) atoms. The summed E-state index contributed by atoms with van der Waals surface area (Å²) in [6.45, 7) is 6.66. The van der Waals surface area contributed by atoms with Crippen LogP contribution in [0.25, 0.3) is 10.9 Å². The van der Waals surface area contributed by atoms with Crippen LogP contribution in [0, 0.1) is 32.1 Å². The number of para-hydroxylation sites is 1. The van der Waals surface area contributed by atoms with E-state index in [2.05, 4.69) is 65.1 Å². The molecule has 0 aliphatic heterocycles. The second kappa shape index (κ2) is 7.21. The highest BCUT2D eigenvalue weighted by molar-refractivity contribution is 6.00. The summed E-state index contributed by atoms with van der Waals surface area (Å²) in [5.74, 6) is 1.10. The van der Waals surface area contributed by atoms with Gasteiger partial charge in [0.05, 0.1) is 0 Å². The minimum atomic E-state index is 0.369. The quantitative estimate of drug-likeness (QED) is 0.426.